The van der Waals surface area contributed by atoms with E-state index < -0.39 is 0 Å². The SMILES string of the molecule is CCOc1nc(OCC)nc(-c2cccs2)n1. The molecule has 0 unspecified atom stereocenters. The van der Waals surface area contributed by atoms with Crippen LogP contribution in [0.1, 0.15) is 13.8 Å². The van der Waals surface area contributed by atoms with Gasteiger partial charge in [0.15, 0.2) is 5.82 Å². The molecule has 2 rings (SSSR count). The second-order valence-corrected chi connectivity index (χ2v) is 4.02. The standard InChI is InChI=1S/C11H13N3O2S/c1-3-15-10-12-9(8-6-5-7-17-8)13-11(14-10)16-4-2/h5-7H,3-4H2,1-2H3. The van der Waals surface area contributed by atoms with Crippen molar-refractivity contribution in [3.05, 3.63) is 17.5 Å². The highest BCUT2D eigenvalue weighted by Gasteiger charge is 2.10. The van der Waals surface area contributed by atoms with Crippen molar-refractivity contribution in [2.75, 3.05) is 13.2 Å². The van der Waals surface area contributed by atoms with Gasteiger partial charge in [0.05, 0.1) is 18.1 Å². The summed E-state index contributed by atoms with van der Waals surface area (Å²) in [5.41, 5.74) is 0. The lowest BCUT2D eigenvalue weighted by Crippen LogP contribution is -2.04. The largest absolute Gasteiger partial charge is 0.464 e. The van der Waals surface area contributed by atoms with Crippen LogP contribution in [-0.4, -0.2) is 28.2 Å². The first-order chi connectivity index (χ1) is 8.33. The van der Waals surface area contributed by atoms with E-state index in [-0.39, 0.29) is 0 Å². The molecule has 0 atom stereocenters. The average Bonchev–Trinajstić information content (AvgIpc) is 2.83. The smallest absolute Gasteiger partial charge is 0.323 e. The highest BCUT2D eigenvalue weighted by Crippen LogP contribution is 2.23. The summed E-state index contributed by atoms with van der Waals surface area (Å²) in [4.78, 5) is 13.5. The minimum atomic E-state index is 0.300. The quantitative estimate of drug-likeness (QED) is 0.816. The molecule has 0 bridgehead atoms. The fourth-order valence-corrected chi connectivity index (χ4v) is 1.90. The summed E-state index contributed by atoms with van der Waals surface area (Å²) in [7, 11) is 0. The van der Waals surface area contributed by atoms with Crippen LogP contribution < -0.4 is 9.47 Å². The molecule has 2 heterocycles. The van der Waals surface area contributed by atoms with Crippen LogP contribution in [0.5, 0.6) is 12.0 Å². The third-order valence-electron chi connectivity index (χ3n) is 1.88. The minimum Gasteiger partial charge on any atom is -0.464 e. The summed E-state index contributed by atoms with van der Waals surface area (Å²) in [5.74, 6) is 0.585. The zero-order chi connectivity index (χ0) is 12.1. The maximum absolute atomic E-state index is 5.29. The van der Waals surface area contributed by atoms with Crippen molar-refractivity contribution < 1.29 is 9.47 Å². The van der Waals surface area contributed by atoms with Gasteiger partial charge < -0.3 is 9.47 Å². The number of nitrogens with zero attached hydrogens (tertiary/aromatic N) is 3. The summed E-state index contributed by atoms with van der Waals surface area (Å²) in [6.07, 6.45) is 0. The van der Waals surface area contributed by atoms with Crippen LogP contribution in [0.25, 0.3) is 10.7 Å². The normalized spacial score (nSPS) is 10.2. The van der Waals surface area contributed by atoms with Gasteiger partial charge in [-0.1, -0.05) is 6.07 Å². The molecule has 0 spiro atoms. The highest BCUT2D eigenvalue weighted by molar-refractivity contribution is 7.13. The summed E-state index contributed by atoms with van der Waals surface area (Å²) < 4.78 is 10.6. The Morgan fingerprint density at radius 2 is 1.71 bits per heavy atom. The molecule has 17 heavy (non-hydrogen) atoms. The van der Waals surface area contributed by atoms with Gasteiger partial charge in [0, 0.05) is 0 Å². The molecule has 2 aromatic rings. The molecule has 2 aromatic heterocycles. The lowest BCUT2D eigenvalue weighted by atomic mass is 10.4. The van der Waals surface area contributed by atoms with Gasteiger partial charge in [-0.05, 0) is 25.3 Å². The van der Waals surface area contributed by atoms with Gasteiger partial charge in [-0.25, -0.2) is 0 Å². The zero-order valence-corrected chi connectivity index (χ0v) is 10.5. The Labute approximate surface area is 103 Å². The maximum Gasteiger partial charge on any atom is 0.323 e. The monoisotopic (exact) mass is 251 g/mol. The average molecular weight is 251 g/mol. The molecule has 0 aliphatic rings. The van der Waals surface area contributed by atoms with Gasteiger partial charge in [-0.3, -0.25) is 0 Å². The van der Waals surface area contributed by atoms with Crippen molar-refractivity contribution in [2.24, 2.45) is 0 Å². The molecule has 0 saturated carbocycles. The van der Waals surface area contributed by atoms with Crippen LogP contribution in [0, 0.1) is 0 Å². The van der Waals surface area contributed by atoms with Crippen molar-refractivity contribution >= 4 is 11.3 Å². The van der Waals surface area contributed by atoms with E-state index in [1.54, 1.807) is 11.3 Å². The van der Waals surface area contributed by atoms with Gasteiger partial charge in [-0.2, -0.15) is 9.97 Å². The van der Waals surface area contributed by atoms with Crippen molar-refractivity contribution in [1.29, 1.82) is 0 Å². The fraction of sp³-hybridized carbons (Fsp3) is 0.364. The van der Waals surface area contributed by atoms with Crippen LogP contribution in [-0.2, 0) is 0 Å². The molecular formula is C11H13N3O2S. The minimum absolute atomic E-state index is 0.300. The first-order valence-electron chi connectivity index (χ1n) is 5.39. The first-order valence-corrected chi connectivity index (χ1v) is 6.27. The van der Waals surface area contributed by atoms with E-state index in [1.165, 1.54) is 0 Å². The van der Waals surface area contributed by atoms with E-state index in [4.69, 9.17) is 9.47 Å². The summed E-state index contributed by atoms with van der Waals surface area (Å²) in [6, 6.07) is 4.50. The lowest BCUT2D eigenvalue weighted by molar-refractivity contribution is 0.280. The van der Waals surface area contributed by atoms with Crippen molar-refractivity contribution in [2.45, 2.75) is 13.8 Å². The topological polar surface area (TPSA) is 57.1 Å². The highest BCUT2D eigenvalue weighted by atomic mass is 32.1. The number of hydrogen-bond acceptors (Lipinski definition) is 6. The van der Waals surface area contributed by atoms with Crippen LogP contribution in [0.4, 0.5) is 0 Å². The van der Waals surface area contributed by atoms with Gasteiger partial charge in [0.25, 0.3) is 0 Å². The van der Waals surface area contributed by atoms with Crippen LogP contribution in [0.15, 0.2) is 17.5 Å². The summed E-state index contributed by atoms with van der Waals surface area (Å²) >= 11 is 1.57. The molecule has 0 amide bonds. The first kappa shape index (κ1) is 11.8. The van der Waals surface area contributed by atoms with E-state index in [0.717, 1.165) is 4.88 Å². The molecule has 90 valence electrons. The third-order valence-corrected chi connectivity index (χ3v) is 2.75. The molecule has 0 fully saturated rings. The van der Waals surface area contributed by atoms with Gasteiger partial charge >= 0.3 is 12.0 Å². The van der Waals surface area contributed by atoms with Gasteiger partial charge in [0.1, 0.15) is 0 Å². The van der Waals surface area contributed by atoms with Crippen molar-refractivity contribution in [3.8, 4) is 22.7 Å². The van der Waals surface area contributed by atoms with Crippen LogP contribution in [0.2, 0.25) is 0 Å². The Morgan fingerprint density at radius 1 is 1.06 bits per heavy atom. The molecule has 0 N–H and O–H groups in total. The Balaban J connectivity index is 2.37. The molecule has 0 aliphatic carbocycles. The molecule has 0 aliphatic heterocycles. The predicted octanol–water partition coefficient (Wildman–Crippen LogP) is 2.40. The number of rotatable bonds is 5. The fourth-order valence-electron chi connectivity index (χ4n) is 1.24. The van der Waals surface area contributed by atoms with E-state index in [1.807, 2.05) is 31.4 Å². The third kappa shape index (κ3) is 2.91. The van der Waals surface area contributed by atoms with Crippen molar-refractivity contribution in [1.82, 2.24) is 15.0 Å². The van der Waals surface area contributed by atoms with Crippen LogP contribution >= 0.6 is 11.3 Å². The Hall–Kier alpha value is -1.69. The van der Waals surface area contributed by atoms with E-state index >= 15 is 0 Å². The zero-order valence-electron chi connectivity index (χ0n) is 9.71. The van der Waals surface area contributed by atoms with Gasteiger partial charge in [0.2, 0.25) is 0 Å². The Bertz CT molecular complexity index is 449. The molecule has 0 radical (unpaired) electrons. The maximum atomic E-state index is 5.29. The molecule has 5 nitrogen and oxygen atoms in total. The van der Waals surface area contributed by atoms with E-state index in [9.17, 15) is 0 Å². The Kier molecular flexibility index (Phi) is 3.87. The number of aromatic nitrogens is 3. The number of hydrogen-bond donors (Lipinski definition) is 0. The second kappa shape index (κ2) is 5.58. The Morgan fingerprint density at radius 3 is 2.18 bits per heavy atom. The lowest BCUT2D eigenvalue weighted by Gasteiger charge is -2.06. The number of ether oxygens (including phenoxy) is 2. The molecule has 0 aromatic carbocycles. The van der Waals surface area contributed by atoms with E-state index in [2.05, 4.69) is 15.0 Å². The van der Waals surface area contributed by atoms with Crippen molar-refractivity contribution in [3.63, 3.8) is 0 Å². The second-order valence-electron chi connectivity index (χ2n) is 3.07. The molecule has 0 saturated heterocycles. The summed E-state index contributed by atoms with van der Waals surface area (Å²) in [6.45, 7) is 4.79. The predicted molar refractivity (Wildman–Crippen MR) is 65.5 cm³/mol. The van der Waals surface area contributed by atoms with Crippen LogP contribution in [0.3, 0.4) is 0 Å². The molecule has 6 heteroatoms. The van der Waals surface area contributed by atoms with E-state index in [0.29, 0.717) is 31.1 Å². The molecular weight excluding hydrogens is 238 g/mol. The number of thiophene rings is 1. The summed E-state index contributed by atoms with van der Waals surface area (Å²) in [5, 5.41) is 1.97. The van der Waals surface area contributed by atoms with Gasteiger partial charge in [-0.15, -0.1) is 16.3 Å².